The molecule has 29 heavy (non-hydrogen) atoms. The van der Waals surface area contributed by atoms with Gasteiger partial charge in [0.2, 0.25) is 0 Å². The van der Waals surface area contributed by atoms with Gasteiger partial charge in [0.25, 0.3) is 0 Å². The van der Waals surface area contributed by atoms with E-state index >= 15 is 0 Å². The summed E-state index contributed by atoms with van der Waals surface area (Å²) < 4.78 is 5.40. The van der Waals surface area contributed by atoms with Crippen LogP contribution >= 0.6 is 0 Å². The van der Waals surface area contributed by atoms with E-state index in [2.05, 4.69) is 55.4 Å². The van der Waals surface area contributed by atoms with Crippen molar-refractivity contribution in [1.29, 1.82) is 0 Å². The summed E-state index contributed by atoms with van der Waals surface area (Å²) in [6.07, 6.45) is 8.11. The van der Waals surface area contributed by atoms with Crippen LogP contribution in [0, 0.1) is 45.3 Å². The first kappa shape index (κ1) is 23.5. The van der Waals surface area contributed by atoms with Crippen LogP contribution in [0.15, 0.2) is 0 Å². The molecule has 0 aromatic carbocycles. The van der Waals surface area contributed by atoms with E-state index in [4.69, 9.17) is 16.2 Å². The van der Waals surface area contributed by atoms with Gasteiger partial charge >= 0.3 is 0 Å². The lowest BCUT2D eigenvalue weighted by Crippen LogP contribution is -2.59. The summed E-state index contributed by atoms with van der Waals surface area (Å²) in [5, 5.41) is 0. The highest BCUT2D eigenvalue weighted by atomic mass is 16.5. The maximum absolute atomic E-state index is 6.58. The molecule has 4 N–H and O–H groups in total. The first-order valence-electron chi connectivity index (χ1n) is 12.5. The third kappa shape index (κ3) is 3.33. The van der Waals surface area contributed by atoms with Crippen molar-refractivity contribution in [3.63, 3.8) is 0 Å². The van der Waals surface area contributed by atoms with Crippen molar-refractivity contribution in [3.05, 3.63) is 0 Å². The van der Waals surface area contributed by atoms with E-state index in [0.29, 0.717) is 45.6 Å². The smallest absolute Gasteiger partial charge is 0.0559 e. The molecule has 170 valence electrons. The van der Waals surface area contributed by atoms with E-state index in [0.717, 1.165) is 25.0 Å². The van der Waals surface area contributed by atoms with Gasteiger partial charge in [-0.1, -0.05) is 55.4 Å². The van der Waals surface area contributed by atoms with Gasteiger partial charge in [-0.2, -0.15) is 0 Å². The Morgan fingerprint density at radius 2 is 0.862 bits per heavy atom. The summed E-state index contributed by atoms with van der Waals surface area (Å²) in [6.45, 7) is 20.6. The van der Waals surface area contributed by atoms with Crippen molar-refractivity contribution in [2.45, 2.75) is 106 Å². The number of nitrogens with two attached hydrogens (primary N) is 2. The molecule has 4 fully saturated rings. The van der Waals surface area contributed by atoms with Crippen molar-refractivity contribution in [2.24, 2.45) is 56.8 Å². The van der Waals surface area contributed by atoms with Crippen LogP contribution in [-0.4, -0.2) is 25.3 Å². The third-order valence-corrected chi connectivity index (χ3v) is 10.6. The first-order chi connectivity index (χ1) is 13.4. The Labute approximate surface area is 181 Å². The number of ether oxygens (including phenoxy) is 1. The summed E-state index contributed by atoms with van der Waals surface area (Å²) in [7, 11) is 0. The van der Waals surface area contributed by atoms with Gasteiger partial charge in [-0.3, -0.25) is 0 Å². The van der Waals surface area contributed by atoms with Crippen LogP contribution in [0.25, 0.3) is 0 Å². The Balaban J connectivity index is 0.000000166. The van der Waals surface area contributed by atoms with Crippen LogP contribution in [0.4, 0.5) is 0 Å². The molecule has 3 saturated carbocycles. The molecule has 3 nitrogen and oxygen atoms in total. The van der Waals surface area contributed by atoms with Crippen LogP contribution in [0.5, 0.6) is 0 Å². The first-order valence-corrected chi connectivity index (χ1v) is 12.5. The quantitative estimate of drug-likeness (QED) is 0.638. The number of rotatable bonds is 4. The van der Waals surface area contributed by atoms with Crippen molar-refractivity contribution in [1.82, 2.24) is 0 Å². The van der Waals surface area contributed by atoms with Crippen molar-refractivity contribution in [3.8, 4) is 0 Å². The predicted octanol–water partition coefficient (Wildman–Crippen LogP) is 5.61. The molecule has 1 heterocycles. The Morgan fingerprint density at radius 3 is 1.03 bits per heavy atom. The lowest BCUT2D eigenvalue weighted by atomic mass is 9.62. The van der Waals surface area contributed by atoms with E-state index in [9.17, 15) is 0 Å². The van der Waals surface area contributed by atoms with Crippen LogP contribution in [0.2, 0.25) is 0 Å². The highest BCUT2D eigenvalue weighted by molar-refractivity contribution is 5.15. The number of hydrogen-bond acceptors (Lipinski definition) is 3. The molecule has 3 heteroatoms. The average molecular weight is 407 g/mol. The zero-order chi connectivity index (χ0) is 21.8. The van der Waals surface area contributed by atoms with Crippen LogP contribution in [0.1, 0.15) is 93.9 Å². The van der Waals surface area contributed by atoms with Gasteiger partial charge in [-0.05, 0) is 78.4 Å². The van der Waals surface area contributed by atoms with E-state index in [-0.39, 0.29) is 0 Å². The van der Waals surface area contributed by atoms with E-state index < -0.39 is 0 Å². The molecule has 0 aromatic rings. The summed E-state index contributed by atoms with van der Waals surface area (Å²) in [5.41, 5.74) is 14.8. The average Bonchev–Trinajstić information content (AvgIpc) is 3.21. The van der Waals surface area contributed by atoms with Crippen molar-refractivity contribution >= 4 is 0 Å². The summed E-state index contributed by atoms with van der Waals surface area (Å²) in [4.78, 5) is 0. The van der Waals surface area contributed by atoms with E-state index in [1.165, 1.54) is 38.5 Å². The molecule has 2 spiro atoms. The van der Waals surface area contributed by atoms with Gasteiger partial charge in [0.05, 0.1) is 13.2 Å². The monoisotopic (exact) mass is 406 g/mol. The fraction of sp³-hybridized carbons (Fsp3) is 1.00. The highest BCUT2D eigenvalue weighted by Crippen LogP contribution is 2.66. The molecule has 1 saturated heterocycles. The molecule has 3 aliphatic carbocycles. The molecular formula is C26H50N2O. The molecule has 1 aliphatic heterocycles. The zero-order valence-electron chi connectivity index (χ0n) is 20.7. The van der Waals surface area contributed by atoms with Crippen LogP contribution in [-0.2, 0) is 4.74 Å². The lowest BCUT2D eigenvalue weighted by molar-refractivity contribution is -0.130. The molecule has 0 radical (unpaired) electrons. The fourth-order valence-corrected chi connectivity index (χ4v) is 8.03. The Kier molecular flexibility index (Phi) is 6.32. The predicted molar refractivity (Wildman–Crippen MR) is 124 cm³/mol. The molecule has 0 unspecified atom stereocenters. The second kappa shape index (κ2) is 7.78. The zero-order valence-corrected chi connectivity index (χ0v) is 20.7. The topological polar surface area (TPSA) is 61.3 Å². The minimum Gasteiger partial charge on any atom is -0.380 e. The van der Waals surface area contributed by atoms with Crippen molar-refractivity contribution < 1.29 is 4.74 Å². The molecular weight excluding hydrogens is 356 g/mol. The summed E-state index contributed by atoms with van der Waals surface area (Å²) in [6, 6.07) is 0.800. The maximum atomic E-state index is 6.58. The van der Waals surface area contributed by atoms with Gasteiger partial charge in [-0.25, -0.2) is 0 Å². The summed E-state index contributed by atoms with van der Waals surface area (Å²) >= 11 is 0. The number of hydrogen-bond donors (Lipinski definition) is 2. The van der Waals surface area contributed by atoms with Crippen LogP contribution < -0.4 is 11.5 Å². The molecule has 4 rings (SSSR count). The van der Waals surface area contributed by atoms with Gasteiger partial charge in [-0.15, -0.1) is 0 Å². The minimum atomic E-state index is 0.328. The molecule has 2 atom stereocenters. The van der Waals surface area contributed by atoms with E-state index in [1.54, 1.807) is 0 Å². The van der Waals surface area contributed by atoms with Crippen molar-refractivity contribution in [2.75, 3.05) is 13.2 Å². The maximum Gasteiger partial charge on any atom is 0.0559 e. The minimum absolute atomic E-state index is 0.328. The van der Waals surface area contributed by atoms with Gasteiger partial charge in [0.15, 0.2) is 0 Å². The molecule has 0 aromatic heterocycles. The third-order valence-electron chi connectivity index (χ3n) is 10.6. The SMILES string of the molecule is CC(C)C1(C(C)C)CCC2(CC2)[C@H]1N.CC(C)C1(C(C)C)CCC2(COC2)[C@H]1N. The van der Waals surface area contributed by atoms with Crippen LogP contribution in [0.3, 0.4) is 0 Å². The standard InChI is InChI=1S/C13H25NO.C13H25N/c1-9(2)13(10(3)4)6-5-12(11(13)14)7-15-8-12;1-9(2)13(10(3)4)8-7-12(5-6-12)11(13)14/h9-11H,5-8,14H2,1-4H3;9-11H,5-8,14H2,1-4H3/t2*11-/m11/s1. The molecule has 0 amide bonds. The van der Waals surface area contributed by atoms with Gasteiger partial charge in [0.1, 0.15) is 0 Å². The Bertz CT molecular complexity index is 555. The second-order valence-electron chi connectivity index (χ2n) is 12.5. The van der Waals surface area contributed by atoms with Gasteiger partial charge in [0, 0.05) is 17.5 Å². The highest BCUT2D eigenvalue weighted by Gasteiger charge is 2.62. The lowest BCUT2D eigenvalue weighted by Gasteiger charge is -2.49. The van der Waals surface area contributed by atoms with E-state index in [1.807, 2.05) is 0 Å². The Morgan fingerprint density at radius 1 is 0.552 bits per heavy atom. The Hall–Kier alpha value is -0.120. The normalized spacial score (nSPS) is 32.9. The molecule has 4 aliphatic rings. The largest absolute Gasteiger partial charge is 0.380 e. The van der Waals surface area contributed by atoms with Gasteiger partial charge < -0.3 is 16.2 Å². The second-order valence-corrected chi connectivity index (χ2v) is 12.5. The summed E-state index contributed by atoms with van der Waals surface area (Å²) in [5.74, 6) is 2.81. The fourth-order valence-electron chi connectivity index (χ4n) is 8.03. The molecule has 0 bridgehead atoms.